The van der Waals surface area contributed by atoms with Crippen LogP contribution in [0.1, 0.15) is 11.1 Å². The molecule has 2 aromatic carbocycles. The molecule has 2 aromatic rings. The summed E-state index contributed by atoms with van der Waals surface area (Å²) in [6.07, 6.45) is 0. The summed E-state index contributed by atoms with van der Waals surface area (Å²) in [6, 6.07) is 12.5. The van der Waals surface area contributed by atoms with Crippen molar-refractivity contribution in [2.45, 2.75) is 6.04 Å². The first kappa shape index (κ1) is 29.3. The van der Waals surface area contributed by atoms with Crippen LogP contribution in [0.15, 0.2) is 53.5 Å². The largest absolute Gasteiger partial charge is 0.870 e. The van der Waals surface area contributed by atoms with Gasteiger partial charge in [0, 0.05) is 32.6 Å². The molecule has 1 amide bonds. The molecule has 0 radical (unpaired) electrons. The molecule has 1 heterocycles. The van der Waals surface area contributed by atoms with E-state index in [0.29, 0.717) is 27.5 Å². The van der Waals surface area contributed by atoms with E-state index in [4.69, 9.17) is 11.6 Å². The van der Waals surface area contributed by atoms with Crippen LogP contribution in [0.3, 0.4) is 0 Å². The van der Waals surface area contributed by atoms with Crippen molar-refractivity contribution < 1.29 is 88.0 Å². The Labute approximate surface area is 250 Å². The number of carbonyl (C=O) groups excluding carboxylic acids is 1. The zero-order valence-corrected chi connectivity index (χ0v) is 17.9. The number of carboxylic acid groups (broad SMARTS) is 1. The first-order valence-electron chi connectivity index (χ1n) is 6.53. The molecule has 1 unspecified atom stereocenters. The Balaban J connectivity index is 0. The molecule has 3 N–H and O–H groups in total. The maximum Gasteiger partial charge on any atom is 0 e. The Bertz CT molecular complexity index is 806. The number of anilines is 1. The van der Waals surface area contributed by atoms with Gasteiger partial charge in [-0.2, -0.15) is 0 Å². The van der Waals surface area contributed by atoms with Gasteiger partial charge in [-0.3, -0.25) is 9.79 Å². The molecule has 1 aliphatic rings. The summed E-state index contributed by atoms with van der Waals surface area (Å²) in [4.78, 5) is 27.5. The molecule has 0 aliphatic carbocycles. The number of halogens is 1. The summed E-state index contributed by atoms with van der Waals surface area (Å²) < 4.78 is 0. The minimum absolute atomic E-state index is 0. The predicted molar refractivity (Wildman–Crippen MR) is 92.7 cm³/mol. The second-order valence-corrected chi connectivity index (χ2v) is 5.20. The van der Waals surface area contributed by atoms with E-state index in [1.807, 2.05) is 18.2 Å². The standard InChI is InChI=1S/C16H11ClN2O3.2K.Ni.H2O.H/c17-10-6-7-12-11(8-10)13(9-4-2-1-3-5-9)19-14(16(21)22)15(20)18-12;;;;;/h1-8,14H,(H,18,20)(H,21,22);;;;1H2;/q;;+1;;;/p-1. The van der Waals surface area contributed by atoms with E-state index in [1.54, 1.807) is 30.3 Å². The topological polar surface area (TPSA) is 109 Å². The molecule has 130 valence electrons. The van der Waals surface area contributed by atoms with Crippen LogP contribution in [0.25, 0.3) is 0 Å². The number of nitrogens with one attached hydrogen (secondary N) is 1. The minimum Gasteiger partial charge on any atom is -0.870 e. The maximum absolute atomic E-state index is 12.0. The molecule has 0 saturated heterocycles. The van der Waals surface area contributed by atoms with Gasteiger partial charge in [0.05, 0.1) is 11.4 Å². The Morgan fingerprint density at radius 3 is 2.35 bits per heavy atom. The second kappa shape index (κ2) is 13.3. The van der Waals surface area contributed by atoms with Gasteiger partial charge in [-0.25, -0.2) is 4.79 Å². The monoisotopic (exact) mass is 468 g/mol. The quantitative estimate of drug-likeness (QED) is 0.424. The normalized spacial score (nSPS) is 14.4. The van der Waals surface area contributed by atoms with E-state index in [1.165, 1.54) is 0 Å². The Morgan fingerprint density at radius 1 is 1.15 bits per heavy atom. The molecule has 0 fully saturated rings. The van der Waals surface area contributed by atoms with Crippen molar-refractivity contribution in [2.24, 2.45) is 4.99 Å². The zero-order valence-electron chi connectivity index (χ0n) is 13.0. The number of hydrogen-bond acceptors (Lipinski definition) is 4. The summed E-state index contributed by atoms with van der Waals surface area (Å²) in [5.41, 5.74) is 2.22. The first-order valence-corrected chi connectivity index (χ1v) is 6.91. The number of benzodiazepines with no additional fused rings is 1. The van der Waals surface area contributed by atoms with Gasteiger partial charge in [0.1, 0.15) is 0 Å². The number of aliphatic carboxylic acids is 1. The number of aliphatic imine (C=N–C) groups is 1. The van der Waals surface area contributed by atoms with Crippen molar-refractivity contribution >= 4 is 86.3 Å². The fourth-order valence-corrected chi connectivity index (χ4v) is 2.45. The van der Waals surface area contributed by atoms with Gasteiger partial charge in [-0.15, -0.1) is 0 Å². The van der Waals surface area contributed by atoms with Crippen LogP contribution >= 0.6 is 11.6 Å². The molecule has 0 aromatic heterocycles. The first-order chi connectivity index (χ1) is 10.6. The Hall–Kier alpha value is 1.07. The number of carbonyl (C=O) groups is 2. The summed E-state index contributed by atoms with van der Waals surface area (Å²) in [5.74, 6) is -1.98. The van der Waals surface area contributed by atoms with Crippen LogP contribution in [0.5, 0.6) is 0 Å². The number of nitrogens with zero attached hydrogens (tertiary/aromatic N) is 1. The van der Waals surface area contributed by atoms with Crippen molar-refractivity contribution in [1.82, 2.24) is 0 Å². The molecule has 0 saturated carbocycles. The van der Waals surface area contributed by atoms with Crippen LogP contribution in [0.2, 0.25) is 5.02 Å². The minimum atomic E-state index is -1.50. The number of amides is 1. The smallest absolute Gasteiger partial charge is 0 e. The van der Waals surface area contributed by atoms with Crippen molar-refractivity contribution in [3.63, 3.8) is 0 Å². The molecule has 0 spiro atoms. The predicted octanol–water partition coefficient (Wildman–Crippen LogP) is -1.24. The van der Waals surface area contributed by atoms with E-state index in [2.05, 4.69) is 10.3 Å². The van der Waals surface area contributed by atoms with Crippen LogP contribution in [-0.2, 0) is 26.1 Å². The van der Waals surface area contributed by atoms with Gasteiger partial charge in [0.25, 0.3) is 5.91 Å². The van der Waals surface area contributed by atoms with Gasteiger partial charge >= 0.3 is 109 Å². The van der Waals surface area contributed by atoms with E-state index >= 15 is 0 Å². The maximum atomic E-state index is 12.0. The molecule has 6 nitrogen and oxygen atoms in total. The van der Waals surface area contributed by atoms with E-state index < -0.39 is 17.9 Å². The summed E-state index contributed by atoms with van der Waals surface area (Å²) in [5, 5.41) is 12.3. The van der Waals surface area contributed by atoms with Crippen molar-refractivity contribution in [3.8, 4) is 0 Å². The Morgan fingerprint density at radius 2 is 1.77 bits per heavy atom. The van der Waals surface area contributed by atoms with Gasteiger partial charge in [-0.1, -0.05) is 41.9 Å². The van der Waals surface area contributed by atoms with Gasteiger partial charge in [-0.05, 0) is 18.2 Å². The van der Waals surface area contributed by atoms with Crippen molar-refractivity contribution in [2.75, 3.05) is 5.32 Å². The third-order valence-corrected chi connectivity index (χ3v) is 3.52. The fourth-order valence-electron chi connectivity index (χ4n) is 2.27. The van der Waals surface area contributed by atoms with E-state index in [0.717, 1.165) is 0 Å². The van der Waals surface area contributed by atoms with Gasteiger partial charge < -0.3 is 15.9 Å². The van der Waals surface area contributed by atoms with Crippen LogP contribution in [0.4, 0.5) is 5.69 Å². The number of hydrogen-bond donors (Lipinski definition) is 2. The van der Waals surface area contributed by atoms with E-state index in [9.17, 15) is 14.7 Å². The summed E-state index contributed by atoms with van der Waals surface area (Å²) in [7, 11) is 0. The van der Waals surface area contributed by atoms with Crippen LogP contribution < -0.4 is 56.7 Å². The molecule has 1 aliphatic heterocycles. The number of fused-ring (bicyclic) bond motifs is 1. The third-order valence-electron chi connectivity index (χ3n) is 3.28. The molecule has 3 rings (SSSR count). The summed E-state index contributed by atoms with van der Waals surface area (Å²) in [6.45, 7) is 0. The fraction of sp³-hybridized carbons (Fsp3) is 0.0625. The SMILES string of the molecule is O=C(O)C1N=C(c2ccccc2)c2cc(Cl)ccc2NC1=O.[K+].[KH].[Ni].[OH-]. The summed E-state index contributed by atoms with van der Waals surface area (Å²) >= 11 is 6.03. The van der Waals surface area contributed by atoms with Crippen LogP contribution in [-0.4, -0.2) is 85.6 Å². The van der Waals surface area contributed by atoms with Crippen molar-refractivity contribution in [1.29, 1.82) is 0 Å². The second-order valence-electron chi connectivity index (χ2n) is 4.76. The molecular formula is C16H13ClK2N2NiO4. The third kappa shape index (κ3) is 6.84. The molecule has 0 bridgehead atoms. The molecular weight excluding hydrogens is 457 g/mol. The average molecular weight is 470 g/mol. The zero-order chi connectivity index (χ0) is 15.7. The molecule has 10 heteroatoms. The van der Waals surface area contributed by atoms with Gasteiger partial charge in [0.15, 0.2) is 0 Å². The van der Waals surface area contributed by atoms with Crippen LogP contribution in [0, 0.1) is 0 Å². The van der Waals surface area contributed by atoms with E-state index in [-0.39, 0.29) is 125 Å². The van der Waals surface area contributed by atoms with Crippen molar-refractivity contribution in [3.05, 3.63) is 64.7 Å². The average Bonchev–Trinajstić information content (AvgIpc) is 2.64. The molecule has 1 atom stereocenters. The molecule has 26 heavy (non-hydrogen) atoms. The Kier molecular flexibility index (Phi) is 15.0. The number of rotatable bonds is 2. The number of benzene rings is 2. The van der Waals surface area contributed by atoms with Gasteiger partial charge in [0.2, 0.25) is 6.04 Å². The number of carboxylic acids is 1.